The van der Waals surface area contributed by atoms with Crippen LogP contribution in [0.1, 0.15) is 36.2 Å². The van der Waals surface area contributed by atoms with Gasteiger partial charge in [-0.3, -0.25) is 0 Å². The summed E-state index contributed by atoms with van der Waals surface area (Å²) in [5, 5.41) is 12.8. The van der Waals surface area contributed by atoms with E-state index in [9.17, 15) is 23.1 Å². The van der Waals surface area contributed by atoms with E-state index >= 15 is 0 Å². The molecule has 0 aliphatic carbocycles. The molecule has 0 unspecified atom stereocenters. The average molecular weight is 454 g/mol. The summed E-state index contributed by atoms with van der Waals surface area (Å²) in [4.78, 5) is 17.6. The maximum atomic E-state index is 13.6. The first-order valence-corrected chi connectivity index (χ1v) is 10.5. The van der Waals surface area contributed by atoms with Gasteiger partial charge in [0, 0.05) is 58.3 Å². The maximum Gasteiger partial charge on any atom is 0.424 e. The second-order valence-electron chi connectivity index (χ2n) is 8.27. The highest BCUT2D eigenvalue weighted by atomic mass is 19.4. The molecule has 2 aromatic rings. The van der Waals surface area contributed by atoms with Crippen molar-refractivity contribution in [3.63, 3.8) is 0 Å². The van der Waals surface area contributed by atoms with Crippen molar-refractivity contribution in [3.8, 4) is 5.75 Å². The Morgan fingerprint density at radius 3 is 2.56 bits per heavy atom. The van der Waals surface area contributed by atoms with Crippen molar-refractivity contribution in [3.05, 3.63) is 47.5 Å². The van der Waals surface area contributed by atoms with Crippen LogP contribution in [0.15, 0.2) is 30.6 Å². The fourth-order valence-electron chi connectivity index (χ4n) is 3.80. The summed E-state index contributed by atoms with van der Waals surface area (Å²) in [6.45, 7) is 4.49. The van der Waals surface area contributed by atoms with Crippen LogP contribution in [0.3, 0.4) is 0 Å². The first-order chi connectivity index (χ1) is 15.0. The second-order valence-corrected chi connectivity index (χ2v) is 8.27. The van der Waals surface area contributed by atoms with Gasteiger partial charge < -0.3 is 24.6 Å². The molecule has 1 aliphatic rings. The second kappa shape index (κ2) is 9.40. The lowest BCUT2D eigenvalue weighted by Crippen LogP contribution is -2.49. The number of aromatic nitrogens is 2. The molecule has 176 valence electrons. The lowest BCUT2D eigenvalue weighted by Gasteiger charge is -2.33. The highest BCUT2D eigenvalue weighted by Crippen LogP contribution is 2.40. The molecule has 2 N–H and O–H groups in total. The molecule has 1 fully saturated rings. The molecule has 7 nitrogen and oxygen atoms in total. The van der Waals surface area contributed by atoms with Crippen molar-refractivity contribution in [1.29, 1.82) is 0 Å². The Kier molecular flexibility index (Phi) is 7.02. The van der Waals surface area contributed by atoms with E-state index in [1.807, 2.05) is 32.0 Å². The molecular weight excluding hydrogens is 425 g/mol. The van der Waals surface area contributed by atoms with Crippen molar-refractivity contribution in [2.24, 2.45) is 7.05 Å². The van der Waals surface area contributed by atoms with Crippen LogP contribution in [0.2, 0.25) is 0 Å². The van der Waals surface area contributed by atoms with Crippen LogP contribution < -0.4 is 10.1 Å². The molecule has 1 saturated heterocycles. The zero-order valence-corrected chi connectivity index (χ0v) is 18.4. The number of aliphatic hydroxyl groups is 1. The van der Waals surface area contributed by atoms with Gasteiger partial charge in [-0.1, -0.05) is 12.1 Å². The minimum Gasteiger partial charge on any atom is -0.490 e. The van der Waals surface area contributed by atoms with E-state index in [1.54, 1.807) is 4.90 Å². The predicted molar refractivity (Wildman–Crippen MR) is 112 cm³/mol. The van der Waals surface area contributed by atoms with Crippen molar-refractivity contribution in [2.75, 3.05) is 19.6 Å². The Morgan fingerprint density at radius 2 is 1.97 bits per heavy atom. The number of hydrogen-bond acceptors (Lipinski definition) is 4. The molecule has 2 amide bonds. The Bertz CT molecular complexity index is 939. The smallest absolute Gasteiger partial charge is 0.424 e. The van der Waals surface area contributed by atoms with Crippen LogP contribution in [-0.2, 0) is 12.6 Å². The van der Waals surface area contributed by atoms with Crippen LogP contribution in [0.5, 0.6) is 5.75 Å². The summed E-state index contributed by atoms with van der Waals surface area (Å²) in [6, 6.07) is 5.54. The monoisotopic (exact) mass is 454 g/mol. The zero-order valence-electron chi connectivity index (χ0n) is 18.4. The Hall–Kier alpha value is -2.75. The molecule has 0 saturated carbocycles. The molecule has 3 rings (SSSR count). The molecule has 1 aromatic heterocycles. The number of alkyl halides is 3. The first-order valence-electron chi connectivity index (χ1n) is 10.5. The number of halogens is 3. The minimum absolute atomic E-state index is 0.0294. The van der Waals surface area contributed by atoms with Crippen molar-refractivity contribution < 1.29 is 27.8 Å². The number of rotatable bonds is 6. The summed E-state index contributed by atoms with van der Waals surface area (Å²) < 4.78 is 47.9. The summed E-state index contributed by atoms with van der Waals surface area (Å²) in [7, 11) is 1.38. The minimum atomic E-state index is -4.93. The number of carbonyl (C=O) groups excluding carboxylic acids is 1. The van der Waals surface area contributed by atoms with Crippen molar-refractivity contribution in [2.45, 2.75) is 51.0 Å². The zero-order chi connectivity index (χ0) is 23.5. The molecular formula is C22H29F3N4O3. The number of nitrogens with one attached hydrogen (secondary N) is 1. The number of ether oxygens (including phenoxy) is 1. The van der Waals surface area contributed by atoms with Gasteiger partial charge in [0.2, 0.25) is 5.60 Å². The summed E-state index contributed by atoms with van der Waals surface area (Å²) in [6.07, 6.45) is -1.93. The van der Waals surface area contributed by atoms with E-state index in [-0.39, 0.29) is 12.6 Å². The number of amides is 2. The number of likely N-dealkylation sites (tertiary alicyclic amines) is 1. The highest BCUT2D eigenvalue weighted by Gasteiger charge is 2.57. The van der Waals surface area contributed by atoms with Crippen LogP contribution in [-0.4, -0.2) is 57.5 Å². The summed E-state index contributed by atoms with van der Waals surface area (Å²) >= 11 is 0. The first kappa shape index (κ1) is 23.9. The van der Waals surface area contributed by atoms with E-state index in [0.717, 1.165) is 21.4 Å². The SMILES string of the molecule is Cc1ccc(C)c(OC2CCN(C(=O)NCC[C@@](O)(c3nccn3C)C(F)(F)F)CC2)c1. The number of benzene rings is 1. The standard InChI is InChI=1S/C22H29F3N4O3/c1-15-4-5-16(2)18(14-15)32-17-6-11-29(12-7-17)20(30)27-9-8-21(31,22(23,24)25)19-26-10-13-28(19)3/h4-5,10,13-14,17,31H,6-9,11-12H2,1-3H3,(H,27,30)/t21-/m1/s1. The number of nitrogens with zero attached hydrogens (tertiary/aromatic N) is 3. The van der Waals surface area contributed by atoms with Gasteiger partial charge >= 0.3 is 12.2 Å². The third kappa shape index (κ3) is 5.17. The van der Waals surface area contributed by atoms with Gasteiger partial charge in [-0.2, -0.15) is 13.2 Å². The van der Waals surface area contributed by atoms with Crippen molar-refractivity contribution >= 4 is 6.03 Å². The van der Waals surface area contributed by atoms with Gasteiger partial charge in [-0.15, -0.1) is 0 Å². The lowest BCUT2D eigenvalue weighted by molar-refractivity contribution is -0.272. The van der Waals surface area contributed by atoms with Gasteiger partial charge in [0.05, 0.1) is 0 Å². The molecule has 0 bridgehead atoms. The molecule has 1 atom stereocenters. The van der Waals surface area contributed by atoms with E-state index < -0.39 is 30.1 Å². The van der Waals surface area contributed by atoms with Crippen LogP contribution in [0.25, 0.3) is 0 Å². The van der Waals surface area contributed by atoms with E-state index in [2.05, 4.69) is 10.3 Å². The third-order valence-electron chi connectivity index (χ3n) is 5.79. The van der Waals surface area contributed by atoms with Crippen LogP contribution in [0.4, 0.5) is 18.0 Å². The van der Waals surface area contributed by atoms with Crippen molar-refractivity contribution in [1.82, 2.24) is 19.8 Å². The predicted octanol–water partition coefficient (Wildman–Crippen LogP) is 3.43. The van der Waals surface area contributed by atoms with E-state index in [4.69, 9.17) is 4.74 Å². The van der Waals surface area contributed by atoms with Crippen LogP contribution >= 0.6 is 0 Å². The fourth-order valence-corrected chi connectivity index (χ4v) is 3.80. The quantitative estimate of drug-likeness (QED) is 0.701. The highest BCUT2D eigenvalue weighted by molar-refractivity contribution is 5.74. The van der Waals surface area contributed by atoms with E-state index in [0.29, 0.717) is 25.9 Å². The normalized spacial score (nSPS) is 17.2. The van der Waals surface area contributed by atoms with Gasteiger partial charge in [0.25, 0.3) is 0 Å². The van der Waals surface area contributed by atoms with Gasteiger partial charge in [0.1, 0.15) is 17.7 Å². The van der Waals surface area contributed by atoms with Gasteiger partial charge in [-0.25, -0.2) is 9.78 Å². The molecule has 1 aromatic carbocycles. The maximum absolute atomic E-state index is 13.6. The van der Waals surface area contributed by atoms with Gasteiger partial charge in [-0.05, 0) is 31.0 Å². The molecule has 1 aliphatic heterocycles. The fraction of sp³-hybridized carbons (Fsp3) is 0.545. The number of aryl methyl sites for hydroxylation is 3. The lowest BCUT2D eigenvalue weighted by atomic mass is 9.97. The largest absolute Gasteiger partial charge is 0.490 e. The van der Waals surface area contributed by atoms with Gasteiger partial charge in [0.15, 0.2) is 0 Å². The summed E-state index contributed by atoms with van der Waals surface area (Å²) in [5.41, 5.74) is -1.00. The number of piperidine rings is 1. The Labute approximate surface area is 185 Å². The van der Waals surface area contributed by atoms with Crippen LogP contribution in [0, 0.1) is 13.8 Å². The number of carbonyl (C=O) groups is 1. The summed E-state index contributed by atoms with van der Waals surface area (Å²) in [5.74, 6) is 0.317. The number of imidazole rings is 1. The Balaban J connectivity index is 1.51. The number of hydrogen-bond donors (Lipinski definition) is 2. The molecule has 10 heteroatoms. The average Bonchev–Trinajstić information content (AvgIpc) is 3.16. The molecule has 2 heterocycles. The third-order valence-corrected chi connectivity index (χ3v) is 5.79. The molecule has 0 radical (unpaired) electrons. The topological polar surface area (TPSA) is 79.6 Å². The molecule has 32 heavy (non-hydrogen) atoms. The number of urea groups is 1. The molecule has 0 spiro atoms. The van der Waals surface area contributed by atoms with E-state index in [1.165, 1.54) is 19.4 Å². The Morgan fingerprint density at radius 1 is 1.28 bits per heavy atom.